The van der Waals surface area contributed by atoms with Crippen molar-refractivity contribution in [3.8, 4) is 0 Å². The molecule has 0 bridgehead atoms. The number of anilines is 1. The average molecular weight is 248 g/mol. The van der Waals surface area contributed by atoms with Crippen LogP contribution >= 0.6 is 0 Å². The number of ether oxygens (including phenoxy) is 1. The largest absolute Gasteiger partial charge is 0.373 e. The Morgan fingerprint density at radius 2 is 1.94 bits per heavy atom. The lowest BCUT2D eigenvalue weighted by Gasteiger charge is -2.31. The van der Waals surface area contributed by atoms with Gasteiger partial charge in [0, 0.05) is 13.2 Å². The molecule has 0 amide bonds. The van der Waals surface area contributed by atoms with Crippen LogP contribution in [0.5, 0.6) is 0 Å². The van der Waals surface area contributed by atoms with Gasteiger partial charge in [-0.2, -0.15) is 0 Å². The van der Waals surface area contributed by atoms with Gasteiger partial charge in [0.2, 0.25) is 0 Å². The molecule has 1 saturated carbocycles. The third kappa shape index (κ3) is 3.70. The van der Waals surface area contributed by atoms with Crippen LogP contribution in [0.4, 0.5) is 5.82 Å². The number of nitrogens with one attached hydrogen (secondary N) is 1. The van der Waals surface area contributed by atoms with Crippen LogP contribution in [0.1, 0.15) is 38.7 Å². The highest BCUT2D eigenvalue weighted by Crippen LogP contribution is 2.30. The third-order valence-electron chi connectivity index (χ3n) is 3.70. The van der Waals surface area contributed by atoms with Crippen molar-refractivity contribution in [2.75, 3.05) is 12.4 Å². The molecule has 18 heavy (non-hydrogen) atoms. The molecule has 1 aromatic rings. The minimum Gasteiger partial charge on any atom is -0.373 e. The molecule has 1 fully saturated rings. The molecule has 1 aliphatic rings. The monoisotopic (exact) mass is 248 g/mol. The smallest absolute Gasteiger partial charge is 0.125 e. The highest BCUT2D eigenvalue weighted by Gasteiger charge is 2.24. The lowest BCUT2D eigenvalue weighted by atomic mass is 9.82. The standard InChI is InChI=1S/C15H24N2O/c1-11-6-12(2)8-14(7-11)18-10-13-4-5-15(16-3)17-9-13/h4-5,9,11-12,14H,6-8,10H2,1-3H3,(H,16,17). The van der Waals surface area contributed by atoms with E-state index in [1.165, 1.54) is 19.3 Å². The highest BCUT2D eigenvalue weighted by atomic mass is 16.5. The Bertz CT molecular complexity index is 353. The van der Waals surface area contributed by atoms with E-state index in [1.54, 1.807) is 0 Å². The molecule has 1 aromatic heterocycles. The second-order valence-corrected chi connectivity index (χ2v) is 5.65. The lowest BCUT2D eigenvalue weighted by molar-refractivity contribution is -0.00924. The van der Waals surface area contributed by atoms with Crippen molar-refractivity contribution < 1.29 is 4.74 Å². The Morgan fingerprint density at radius 1 is 1.22 bits per heavy atom. The second kappa shape index (κ2) is 6.19. The third-order valence-corrected chi connectivity index (χ3v) is 3.70. The summed E-state index contributed by atoms with van der Waals surface area (Å²) in [6.45, 7) is 5.34. The average Bonchev–Trinajstić information content (AvgIpc) is 2.36. The van der Waals surface area contributed by atoms with E-state index in [1.807, 2.05) is 19.3 Å². The van der Waals surface area contributed by atoms with Crippen LogP contribution < -0.4 is 5.32 Å². The highest BCUT2D eigenvalue weighted by molar-refractivity contribution is 5.34. The second-order valence-electron chi connectivity index (χ2n) is 5.65. The number of nitrogens with zero attached hydrogens (tertiary/aromatic N) is 1. The van der Waals surface area contributed by atoms with Gasteiger partial charge in [0.1, 0.15) is 5.82 Å². The number of hydrogen-bond donors (Lipinski definition) is 1. The first-order valence-electron chi connectivity index (χ1n) is 6.91. The summed E-state index contributed by atoms with van der Waals surface area (Å²) in [6, 6.07) is 4.07. The first-order valence-corrected chi connectivity index (χ1v) is 6.91. The summed E-state index contributed by atoms with van der Waals surface area (Å²) in [7, 11) is 1.88. The van der Waals surface area contributed by atoms with Crippen molar-refractivity contribution in [3.05, 3.63) is 23.9 Å². The van der Waals surface area contributed by atoms with E-state index in [0.29, 0.717) is 12.7 Å². The molecule has 1 aliphatic carbocycles. The van der Waals surface area contributed by atoms with E-state index in [-0.39, 0.29) is 0 Å². The zero-order valence-electron chi connectivity index (χ0n) is 11.6. The van der Waals surface area contributed by atoms with Gasteiger partial charge in [0.05, 0.1) is 12.7 Å². The number of rotatable bonds is 4. The predicted molar refractivity (Wildman–Crippen MR) is 74.5 cm³/mol. The number of aromatic nitrogens is 1. The Labute approximate surface area is 110 Å². The Morgan fingerprint density at radius 3 is 2.50 bits per heavy atom. The minimum atomic E-state index is 0.424. The molecule has 3 heteroatoms. The van der Waals surface area contributed by atoms with E-state index < -0.39 is 0 Å². The molecule has 2 unspecified atom stereocenters. The molecule has 0 spiro atoms. The molecular formula is C15H24N2O. The van der Waals surface area contributed by atoms with Crippen LogP contribution in [0.25, 0.3) is 0 Å². The van der Waals surface area contributed by atoms with Crippen LogP contribution in [0.2, 0.25) is 0 Å². The topological polar surface area (TPSA) is 34.1 Å². The van der Waals surface area contributed by atoms with Gasteiger partial charge in [0.25, 0.3) is 0 Å². The predicted octanol–water partition coefficient (Wildman–Crippen LogP) is 3.46. The summed E-state index contributed by atoms with van der Waals surface area (Å²) in [5.74, 6) is 2.49. The van der Waals surface area contributed by atoms with E-state index >= 15 is 0 Å². The Hall–Kier alpha value is -1.09. The van der Waals surface area contributed by atoms with Crippen molar-refractivity contribution in [1.82, 2.24) is 4.98 Å². The SMILES string of the molecule is CNc1ccc(COC2CC(C)CC(C)C2)cn1. The van der Waals surface area contributed by atoms with Crippen LogP contribution in [0.3, 0.4) is 0 Å². The summed E-state index contributed by atoms with van der Waals surface area (Å²) in [4.78, 5) is 4.30. The van der Waals surface area contributed by atoms with Gasteiger partial charge >= 0.3 is 0 Å². The maximum atomic E-state index is 6.02. The van der Waals surface area contributed by atoms with Crippen LogP contribution in [0.15, 0.2) is 18.3 Å². The Balaban J connectivity index is 1.83. The maximum absolute atomic E-state index is 6.02. The molecule has 1 heterocycles. The molecule has 0 aromatic carbocycles. The lowest BCUT2D eigenvalue weighted by Crippen LogP contribution is -2.26. The zero-order chi connectivity index (χ0) is 13.0. The summed E-state index contributed by atoms with van der Waals surface area (Å²) < 4.78 is 6.02. The first-order chi connectivity index (χ1) is 8.67. The van der Waals surface area contributed by atoms with Crippen molar-refractivity contribution in [1.29, 1.82) is 0 Å². The molecule has 2 atom stereocenters. The fourth-order valence-corrected chi connectivity index (χ4v) is 2.88. The molecule has 1 N–H and O–H groups in total. The summed E-state index contributed by atoms with van der Waals surface area (Å²) >= 11 is 0. The van der Waals surface area contributed by atoms with Crippen molar-refractivity contribution in [3.63, 3.8) is 0 Å². The van der Waals surface area contributed by atoms with Gasteiger partial charge in [-0.05, 0) is 42.7 Å². The number of hydrogen-bond acceptors (Lipinski definition) is 3. The summed E-state index contributed by atoms with van der Waals surface area (Å²) in [5, 5.41) is 3.02. The number of pyridine rings is 1. The molecule has 0 saturated heterocycles. The molecule has 0 radical (unpaired) electrons. The van der Waals surface area contributed by atoms with Crippen LogP contribution in [0, 0.1) is 11.8 Å². The van der Waals surface area contributed by atoms with Crippen molar-refractivity contribution in [2.45, 2.75) is 45.8 Å². The fraction of sp³-hybridized carbons (Fsp3) is 0.667. The Kier molecular flexibility index (Phi) is 4.59. The van der Waals surface area contributed by atoms with Crippen LogP contribution in [-0.4, -0.2) is 18.1 Å². The van der Waals surface area contributed by atoms with E-state index in [0.717, 1.165) is 23.2 Å². The van der Waals surface area contributed by atoms with Crippen molar-refractivity contribution >= 4 is 5.82 Å². The molecular weight excluding hydrogens is 224 g/mol. The van der Waals surface area contributed by atoms with Crippen LogP contribution in [-0.2, 0) is 11.3 Å². The fourth-order valence-electron chi connectivity index (χ4n) is 2.88. The minimum absolute atomic E-state index is 0.424. The van der Waals surface area contributed by atoms with Gasteiger partial charge in [0.15, 0.2) is 0 Å². The first kappa shape index (κ1) is 13.3. The molecule has 100 valence electrons. The van der Waals surface area contributed by atoms with Gasteiger partial charge in [-0.1, -0.05) is 19.9 Å². The summed E-state index contributed by atoms with van der Waals surface area (Å²) in [5.41, 5.74) is 1.15. The van der Waals surface area contributed by atoms with E-state index in [9.17, 15) is 0 Å². The maximum Gasteiger partial charge on any atom is 0.125 e. The zero-order valence-corrected chi connectivity index (χ0v) is 11.6. The van der Waals surface area contributed by atoms with Gasteiger partial charge in [-0.25, -0.2) is 4.98 Å². The summed E-state index contributed by atoms with van der Waals surface area (Å²) in [6.07, 6.45) is 6.06. The molecule has 0 aliphatic heterocycles. The van der Waals surface area contributed by atoms with E-state index in [4.69, 9.17) is 4.74 Å². The van der Waals surface area contributed by atoms with Crippen molar-refractivity contribution in [2.24, 2.45) is 11.8 Å². The van der Waals surface area contributed by atoms with Gasteiger partial charge in [-0.3, -0.25) is 0 Å². The molecule has 2 rings (SSSR count). The normalized spacial score (nSPS) is 28.1. The molecule has 3 nitrogen and oxygen atoms in total. The van der Waals surface area contributed by atoms with E-state index in [2.05, 4.69) is 30.2 Å². The van der Waals surface area contributed by atoms with Gasteiger partial charge < -0.3 is 10.1 Å². The van der Waals surface area contributed by atoms with Gasteiger partial charge in [-0.15, -0.1) is 0 Å². The quantitative estimate of drug-likeness (QED) is 0.886.